The van der Waals surface area contributed by atoms with Crippen molar-refractivity contribution in [1.29, 1.82) is 0 Å². The minimum atomic E-state index is -2.90. The molecule has 1 fully saturated rings. The Hall–Kier alpha value is -2.85. The Morgan fingerprint density at radius 3 is 1.82 bits per heavy atom. The lowest BCUT2D eigenvalue weighted by atomic mass is 9.99. The lowest BCUT2D eigenvalue weighted by molar-refractivity contribution is -0.292. The quantitative estimate of drug-likeness (QED) is 0.338. The van der Waals surface area contributed by atoms with Crippen LogP contribution < -0.4 is 10.4 Å². The van der Waals surface area contributed by atoms with Gasteiger partial charge in [0.25, 0.3) is 8.32 Å². The Labute approximate surface area is 225 Å². The van der Waals surface area contributed by atoms with Crippen molar-refractivity contribution < 1.29 is 33.6 Å². The number of ether oxygens (including phenoxy) is 3. The van der Waals surface area contributed by atoms with Crippen molar-refractivity contribution in [2.75, 3.05) is 13.7 Å². The molecule has 0 amide bonds. The molecule has 4 rings (SSSR count). The second kappa shape index (κ2) is 11.9. The van der Waals surface area contributed by atoms with E-state index in [-0.39, 0.29) is 11.6 Å². The third-order valence-electron chi connectivity index (χ3n) is 7.01. The average molecular weight is 537 g/mol. The molecular formula is C30H36O7Si. The largest absolute Gasteiger partial charge is 0.450 e. The van der Waals surface area contributed by atoms with Crippen LogP contribution in [0.5, 0.6) is 0 Å². The topological polar surface area (TPSA) is 94.5 Å². The summed E-state index contributed by atoms with van der Waals surface area (Å²) in [6, 6.07) is 28.7. The summed E-state index contributed by atoms with van der Waals surface area (Å²) in [4.78, 5) is 12.6. The van der Waals surface area contributed by atoms with Crippen molar-refractivity contribution >= 4 is 24.7 Å². The predicted molar refractivity (Wildman–Crippen MR) is 147 cm³/mol. The van der Waals surface area contributed by atoms with Crippen molar-refractivity contribution in [3.63, 3.8) is 0 Å². The van der Waals surface area contributed by atoms with Crippen LogP contribution in [-0.4, -0.2) is 68.9 Å². The van der Waals surface area contributed by atoms with E-state index in [1.807, 2.05) is 36.4 Å². The molecule has 0 saturated carbocycles. The first-order valence-electron chi connectivity index (χ1n) is 12.7. The molecule has 0 unspecified atom stereocenters. The van der Waals surface area contributed by atoms with Gasteiger partial charge in [-0.1, -0.05) is 99.6 Å². The summed E-state index contributed by atoms with van der Waals surface area (Å²) in [7, 11) is -1.50. The maximum Gasteiger partial charge on any atom is 0.338 e. The molecule has 202 valence electrons. The number of carbonyl (C=O) groups excluding carboxylic acids is 1. The monoisotopic (exact) mass is 536 g/mol. The summed E-state index contributed by atoms with van der Waals surface area (Å²) < 4.78 is 23.9. The highest BCUT2D eigenvalue weighted by molar-refractivity contribution is 6.99. The first-order valence-corrected chi connectivity index (χ1v) is 14.7. The van der Waals surface area contributed by atoms with Crippen LogP contribution in [0.4, 0.5) is 0 Å². The second-order valence-corrected chi connectivity index (χ2v) is 14.8. The van der Waals surface area contributed by atoms with Crippen LogP contribution in [0.15, 0.2) is 91.0 Å². The molecule has 0 aliphatic carbocycles. The van der Waals surface area contributed by atoms with E-state index in [9.17, 15) is 15.0 Å². The molecule has 0 bridgehead atoms. The van der Waals surface area contributed by atoms with E-state index in [2.05, 4.69) is 45.0 Å². The van der Waals surface area contributed by atoms with E-state index >= 15 is 0 Å². The zero-order valence-electron chi connectivity index (χ0n) is 22.2. The van der Waals surface area contributed by atoms with Gasteiger partial charge in [0.05, 0.1) is 12.2 Å². The predicted octanol–water partition coefficient (Wildman–Crippen LogP) is 2.88. The van der Waals surface area contributed by atoms with E-state index in [1.54, 1.807) is 30.3 Å². The van der Waals surface area contributed by atoms with Crippen molar-refractivity contribution in [2.24, 2.45) is 0 Å². The van der Waals surface area contributed by atoms with Gasteiger partial charge in [0.1, 0.15) is 18.3 Å². The van der Waals surface area contributed by atoms with E-state index in [1.165, 1.54) is 7.11 Å². The fraction of sp³-hybridized carbons (Fsp3) is 0.367. The maximum atomic E-state index is 12.6. The number of methoxy groups -OCH3 is 1. The Morgan fingerprint density at radius 2 is 1.34 bits per heavy atom. The summed E-state index contributed by atoms with van der Waals surface area (Å²) in [6.45, 7) is 6.47. The maximum absolute atomic E-state index is 12.6. The van der Waals surface area contributed by atoms with Crippen LogP contribution in [0.3, 0.4) is 0 Å². The zero-order valence-corrected chi connectivity index (χ0v) is 23.2. The van der Waals surface area contributed by atoms with Gasteiger partial charge in [-0.3, -0.25) is 0 Å². The van der Waals surface area contributed by atoms with Crippen molar-refractivity contribution in [1.82, 2.24) is 0 Å². The third-order valence-corrected chi connectivity index (χ3v) is 12.0. The van der Waals surface area contributed by atoms with Crippen LogP contribution in [0.25, 0.3) is 0 Å². The Kier molecular flexibility index (Phi) is 8.82. The summed E-state index contributed by atoms with van der Waals surface area (Å²) in [5.41, 5.74) is 0.321. The minimum Gasteiger partial charge on any atom is -0.450 e. The number of hydrogen-bond donors (Lipinski definition) is 2. The first kappa shape index (κ1) is 28.2. The highest BCUT2D eigenvalue weighted by atomic mass is 28.4. The number of carbonyl (C=O) groups is 1. The van der Waals surface area contributed by atoms with Crippen LogP contribution in [-0.2, 0) is 18.6 Å². The molecule has 0 radical (unpaired) electrons. The molecule has 1 saturated heterocycles. The van der Waals surface area contributed by atoms with Crippen LogP contribution in [0.2, 0.25) is 5.04 Å². The van der Waals surface area contributed by atoms with Crippen molar-refractivity contribution in [3.05, 3.63) is 96.6 Å². The van der Waals surface area contributed by atoms with Gasteiger partial charge in [-0.2, -0.15) is 0 Å². The number of aliphatic hydroxyl groups is 2. The van der Waals surface area contributed by atoms with Gasteiger partial charge in [-0.25, -0.2) is 4.79 Å². The van der Waals surface area contributed by atoms with Crippen LogP contribution in [0.1, 0.15) is 31.1 Å². The minimum absolute atomic E-state index is 0.00468. The molecule has 0 spiro atoms. The summed E-state index contributed by atoms with van der Waals surface area (Å²) >= 11 is 0. The number of hydrogen-bond acceptors (Lipinski definition) is 7. The van der Waals surface area contributed by atoms with Gasteiger partial charge in [0.15, 0.2) is 12.4 Å². The fourth-order valence-corrected chi connectivity index (χ4v) is 9.66. The van der Waals surface area contributed by atoms with E-state index < -0.39 is 45.0 Å². The number of benzene rings is 3. The smallest absolute Gasteiger partial charge is 0.338 e. The Balaban J connectivity index is 1.59. The van der Waals surface area contributed by atoms with Gasteiger partial charge in [0.2, 0.25) is 0 Å². The highest BCUT2D eigenvalue weighted by Crippen LogP contribution is 2.37. The molecule has 3 aromatic rings. The second-order valence-electron chi connectivity index (χ2n) is 10.5. The molecule has 5 atom stereocenters. The van der Waals surface area contributed by atoms with Crippen molar-refractivity contribution in [3.8, 4) is 0 Å². The molecule has 8 heteroatoms. The molecule has 3 aromatic carbocycles. The normalized spacial score (nSPS) is 24.1. The molecule has 1 heterocycles. The van der Waals surface area contributed by atoms with Crippen molar-refractivity contribution in [2.45, 2.75) is 56.5 Å². The summed E-state index contributed by atoms with van der Waals surface area (Å²) in [5.74, 6) is -0.644. The van der Waals surface area contributed by atoms with Gasteiger partial charge in [0, 0.05) is 7.11 Å². The Bertz CT molecular complexity index is 1130. The molecule has 1 aliphatic rings. The molecule has 2 N–H and O–H groups in total. The van der Waals surface area contributed by atoms with E-state index in [4.69, 9.17) is 18.6 Å². The molecule has 0 aromatic heterocycles. The van der Waals surface area contributed by atoms with Crippen LogP contribution in [0, 0.1) is 0 Å². The number of aliphatic hydroxyl groups excluding tert-OH is 2. The lowest BCUT2D eigenvalue weighted by Crippen LogP contribution is -2.68. The standard InChI is InChI=1S/C30H36O7Si/c1-30(2,3)38(22-16-10-6-11-17-22,23-18-12-7-13-19-23)35-20-24-25(31)26(32)27(29(34-4)36-24)37-28(33)21-14-8-5-9-15-21/h5-19,24-27,29,31-32H,20H2,1-4H3/t24-,25-,26+,27+,29+/m1/s1. The number of esters is 1. The zero-order chi connectivity index (χ0) is 27.3. The Morgan fingerprint density at radius 1 is 0.842 bits per heavy atom. The van der Waals surface area contributed by atoms with Gasteiger partial charge >= 0.3 is 5.97 Å². The van der Waals surface area contributed by atoms with Gasteiger partial charge in [-0.15, -0.1) is 0 Å². The van der Waals surface area contributed by atoms with E-state index in [0.29, 0.717) is 5.56 Å². The third kappa shape index (κ3) is 5.61. The number of rotatable bonds is 8. The molecule has 7 nitrogen and oxygen atoms in total. The fourth-order valence-electron chi connectivity index (χ4n) is 5.09. The van der Waals surface area contributed by atoms with Gasteiger partial charge in [-0.05, 0) is 27.5 Å². The van der Waals surface area contributed by atoms with Crippen LogP contribution >= 0.6 is 0 Å². The average Bonchev–Trinajstić information content (AvgIpc) is 2.93. The molecule has 1 aliphatic heterocycles. The van der Waals surface area contributed by atoms with E-state index in [0.717, 1.165) is 10.4 Å². The summed E-state index contributed by atoms with van der Waals surface area (Å²) in [6.07, 6.45) is -6.02. The SMILES string of the molecule is CO[C@H]1O[C@H](CO[Si](c2ccccc2)(c2ccccc2)C(C)(C)C)[C@@H](O)[C@H](O)[C@@H]1OC(=O)c1ccccc1. The van der Waals surface area contributed by atoms with Gasteiger partial charge < -0.3 is 28.8 Å². The first-order chi connectivity index (χ1) is 18.2. The lowest BCUT2D eigenvalue weighted by Gasteiger charge is -2.46. The summed E-state index contributed by atoms with van der Waals surface area (Å²) in [5, 5.41) is 24.0. The molecular weight excluding hydrogens is 500 g/mol. The molecule has 38 heavy (non-hydrogen) atoms. The highest BCUT2D eigenvalue weighted by Gasteiger charge is 2.52.